The molecule has 0 bridgehead atoms. The lowest BCUT2D eigenvalue weighted by Crippen LogP contribution is -2.36. The van der Waals surface area contributed by atoms with Crippen molar-refractivity contribution >= 4 is 22.5 Å². The molecule has 1 saturated heterocycles. The van der Waals surface area contributed by atoms with E-state index in [9.17, 15) is 0 Å². The van der Waals surface area contributed by atoms with E-state index in [1.165, 1.54) is 0 Å². The number of hydrogen-bond donors (Lipinski definition) is 1. The molecule has 16 heavy (non-hydrogen) atoms. The van der Waals surface area contributed by atoms with Gasteiger partial charge in [0.25, 0.3) is 0 Å². The van der Waals surface area contributed by atoms with Crippen LogP contribution in [0.5, 0.6) is 0 Å². The smallest absolute Gasteiger partial charge is 0.192 e. The zero-order valence-electron chi connectivity index (χ0n) is 8.85. The lowest BCUT2D eigenvalue weighted by atomic mass is 10.2. The quantitative estimate of drug-likeness (QED) is 0.781. The molecule has 0 spiro atoms. The van der Waals surface area contributed by atoms with Crippen molar-refractivity contribution in [2.75, 3.05) is 36.9 Å². The Morgan fingerprint density at radius 1 is 1.25 bits per heavy atom. The van der Waals surface area contributed by atoms with Gasteiger partial charge in [0.15, 0.2) is 11.4 Å². The van der Waals surface area contributed by atoms with Gasteiger partial charge in [0, 0.05) is 13.1 Å². The molecule has 0 unspecified atom stereocenters. The highest BCUT2D eigenvalue weighted by Crippen LogP contribution is 2.30. The average Bonchev–Trinajstić information content (AvgIpc) is 2.73. The molecule has 5 nitrogen and oxygen atoms in total. The number of ether oxygens (including phenoxy) is 1. The highest BCUT2D eigenvalue weighted by Gasteiger charge is 2.17. The predicted molar refractivity (Wildman–Crippen MR) is 61.5 cm³/mol. The number of rotatable bonds is 1. The summed E-state index contributed by atoms with van der Waals surface area (Å²) in [5.74, 6) is 0.449. The lowest BCUT2D eigenvalue weighted by molar-refractivity contribution is 0.122. The maximum absolute atomic E-state index is 5.73. The summed E-state index contributed by atoms with van der Waals surface area (Å²) in [6, 6.07) is 5.92. The van der Waals surface area contributed by atoms with Crippen molar-refractivity contribution in [1.29, 1.82) is 0 Å². The second-order valence-electron chi connectivity index (χ2n) is 3.82. The topological polar surface area (TPSA) is 64.5 Å². The molecule has 1 aliphatic heterocycles. The molecule has 1 fully saturated rings. The fraction of sp³-hybridized carbons (Fsp3) is 0.364. The molecule has 1 aromatic heterocycles. The van der Waals surface area contributed by atoms with Crippen LogP contribution in [-0.2, 0) is 4.74 Å². The van der Waals surface area contributed by atoms with Crippen LogP contribution >= 0.6 is 0 Å². The number of hydrogen-bond acceptors (Lipinski definition) is 5. The van der Waals surface area contributed by atoms with Gasteiger partial charge in [0.05, 0.1) is 24.3 Å². The number of para-hydroxylation sites is 1. The van der Waals surface area contributed by atoms with Crippen molar-refractivity contribution < 1.29 is 9.26 Å². The van der Waals surface area contributed by atoms with Crippen LogP contribution in [-0.4, -0.2) is 31.5 Å². The molecule has 0 aliphatic carbocycles. The summed E-state index contributed by atoms with van der Waals surface area (Å²) in [6.07, 6.45) is 0. The first-order valence-corrected chi connectivity index (χ1v) is 5.33. The molecular weight excluding hydrogens is 206 g/mol. The van der Waals surface area contributed by atoms with Crippen LogP contribution in [0.25, 0.3) is 11.0 Å². The number of fused-ring (bicyclic) bond motifs is 1. The number of nitrogens with zero attached hydrogens (tertiary/aromatic N) is 2. The summed E-state index contributed by atoms with van der Waals surface area (Å²) in [6.45, 7) is 3.25. The number of aromatic nitrogens is 1. The zero-order valence-corrected chi connectivity index (χ0v) is 8.85. The van der Waals surface area contributed by atoms with Crippen LogP contribution < -0.4 is 10.6 Å². The fourth-order valence-corrected chi connectivity index (χ4v) is 2.02. The molecule has 0 amide bonds. The lowest BCUT2D eigenvalue weighted by Gasteiger charge is -2.28. The van der Waals surface area contributed by atoms with Crippen LogP contribution in [0.4, 0.5) is 11.5 Å². The third kappa shape index (κ3) is 1.40. The summed E-state index contributed by atoms with van der Waals surface area (Å²) >= 11 is 0. The van der Waals surface area contributed by atoms with Crippen molar-refractivity contribution in [3.8, 4) is 0 Å². The monoisotopic (exact) mass is 219 g/mol. The maximum atomic E-state index is 5.73. The normalized spacial score (nSPS) is 16.9. The highest BCUT2D eigenvalue weighted by molar-refractivity contribution is 5.95. The number of morpholine rings is 1. The molecule has 3 rings (SSSR count). The Bertz CT molecular complexity index is 503. The van der Waals surface area contributed by atoms with Crippen molar-refractivity contribution in [2.45, 2.75) is 0 Å². The van der Waals surface area contributed by atoms with Crippen LogP contribution in [0.2, 0.25) is 0 Å². The second kappa shape index (κ2) is 3.68. The van der Waals surface area contributed by atoms with Crippen LogP contribution in [0.3, 0.4) is 0 Å². The minimum absolute atomic E-state index is 0.449. The standard InChI is InChI=1S/C11H13N3O2/c12-11-8-2-1-3-9(10(8)16-13-11)14-4-6-15-7-5-14/h1-3H,4-7H2,(H2,12,13). The summed E-state index contributed by atoms with van der Waals surface area (Å²) in [5.41, 5.74) is 7.54. The number of nitrogen functional groups attached to an aromatic ring is 1. The van der Waals surface area contributed by atoms with Gasteiger partial charge in [-0.2, -0.15) is 0 Å². The van der Waals surface area contributed by atoms with Gasteiger partial charge in [-0.15, -0.1) is 0 Å². The molecule has 0 radical (unpaired) electrons. The third-order valence-electron chi connectivity index (χ3n) is 2.86. The van der Waals surface area contributed by atoms with E-state index in [0.29, 0.717) is 5.82 Å². The Kier molecular flexibility index (Phi) is 2.18. The third-order valence-corrected chi connectivity index (χ3v) is 2.86. The molecule has 1 aliphatic rings. The van der Waals surface area contributed by atoms with Gasteiger partial charge in [0.2, 0.25) is 0 Å². The van der Waals surface area contributed by atoms with Gasteiger partial charge in [-0.05, 0) is 12.1 Å². The summed E-state index contributed by atoms with van der Waals surface area (Å²) < 4.78 is 10.6. The molecule has 5 heteroatoms. The predicted octanol–water partition coefficient (Wildman–Crippen LogP) is 1.25. The first-order valence-electron chi connectivity index (χ1n) is 5.33. The Hall–Kier alpha value is -1.75. The zero-order chi connectivity index (χ0) is 11.0. The van der Waals surface area contributed by atoms with Crippen LogP contribution in [0, 0.1) is 0 Å². The maximum Gasteiger partial charge on any atom is 0.192 e. The van der Waals surface area contributed by atoms with Gasteiger partial charge in [-0.1, -0.05) is 11.2 Å². The molecule has 0 atom stereocenters. The minimum atomic E-state index is 0.449. The summed E-state index contributed by atoms with van der Waals surface area (Å²) in [5, 5.41) is 4.67. The van der Waals surface area contributed by atoms with E-state index >= 15 is 0 Å². The summed E-state index contributed by atoms with van der Waals surface area (Å²) in [7, 11) is 0. The van der Waals surface area contributed by atoms with Gasteiger partial charge in [-0.25, -0.2) is 0 Å². The fourth-order valence-electron chi connectivity index (χ4n) is 2.02. The van der Waals surface area contributed by atoms with E-state index < -0.39 is 0 Å². The SMILES string of the molecule is Nc1noc2c(N3CCOCC3)cccc12. The Labute approximate surface area is 92.7 Å². The first kappa shape index (κ1) is 9.47. The van der Waals surface area contributed by atoms with E-state index in [0.717, 1.165) is 43.0 Å². The first-order chi connectivity index (χ1) is 7.86. The van der Waals surface area contributed by atoms with Crippen molar-refractivity contribution in [3.05, 3.63) is 18.2 Å². The van der Waals surface area contributed by atoms with E-state index in [1.54, 1.807) is 0 Å². The molecule has 2 heterocycles. The molecular formula is C11H13N3O2. The minimum Gasteiger partial charge on any atom is -0.380 e. The Morgan fingerprint density at radius 2 is 2.06 bits per heavy atom. The summed E-state index contributed by atoms with van der Waals surface area (Å²) in [4.78, 5) is 2.23. The largest absolute Gasteiger partial charge is 0.380 e. The van der Waals surface area contributed by atoms with E-state index in [1.807, 2.05) is 18.2 Å². The van der Waals surface area contributed by atoms with Gasteiger partial charge in [-0.3, -0.25) is 0 Å². The van der Waals surface area contributed by atoms with E-state index in [2.05, 4.69) is 10.1 Å². The van der Waals surface area contributed by atoms with Gasteiger partial charge < -0.3 is 19.9 Å². The van der Waals surface area contributed by atoms with Crippen LogP contribution in [0.1, 0.15) is 0 Å². The van der Waals surface area contributed by atoms with Crippen molar-refractivity contribution in [3.63, 3.8) is 0 Å². The van der Waals surface area contributed by atoms with Crippen molar-refractivity contribution in [1.82, 2.24) is 5.16 Å². The number of anilines is 2. The van der Waals surface area contributed by atoms with Crippen molar-refractivity contribution in [2.24, 2.45) is 0 Å². The average molecular weight is 219 g/mol. The number of nitrogens with two attached hydrogens (primary N) is 1. The number of benzene rings is 1. The molecule has 84 valence electrons. The van der Waals surface area contributed by atoms with Crippen LogP contribution in [0.15, 0.2) is 22.7 Å². The Balaban J connectivity index is 2.08. The Morgan fingerprint density at radius 3 is 2.88 bits per heavy atom. The molecule has 2 N–H and O–H groups in total. The second-order valence-corrected chi connectivity index (χ2v) is 3.82. The van der Waals surface area contributed by atoms with Gasteiger partial charge >= 0.3 is 0 Å². The molecule has 1 aromatic carbocycles. The molecule has 0 saturated carbocycles. The highest BCUT2D eigenvalue weighted by atomic mass is 16.5. The van der Waals surface area contributed by atoms with E-state index in [-0.39, 0.29) is 0 Å². The van der Waals surface area contributed by atoms with E-state index in [4.69, 9.17) is 15.0 Å². The van der Waals surface area contributed by atoms with Gasteiger partial charge in [0.1, 0.15) is 0 Å². The molecule has 2 aromatic rings.